The number of piperazine rings is 1. The van der Waals surface area contributed by atoms with Crippen molar-refractivity contribution in [1.29, 1.82) is 0 Å². The van der Waals surface area contributed by atoms with E-state index in [1.54, 1.807) is 0 Å². The quantitative estimate of drug-likeness (QED) is 0.876. The van der Waals surface area contributed by atoms with Crippen molar-refractivity contribution in [3.8, 4) is 0 Å². The first-order valence-corrected chi connectivity index (χ1v) is 7.20. The van der Waals surface area contributed by atoms with Gasteiger partial charge in [-0.15, -0.1) is 0 Å². The highest BCUT2D eigenvalue weighted by molar-refractivity contribution is 5.88. The number of nitrogens with zero attached hydrogens (tertiary/aromatic N) is 3. The Morgan fingerprint density at radius 2 is 2.29 bits per heavy atom. The molecule has 1 unspecified atom stereocenters. The number of aromatic nitrogens is 2. The molecule has 1 amide bonds. The minimum Gasteiger partial charge on any atom is -0.383 e. The number of benzene rings is 1. The molecule has 21 heavy (non-hydrogen) atoms. The molecule has 3 N–H and O–H groups in total. The lowest BCUT2D eigenvalue weighted by Crippen LogP contribution is -2.54. The van der Waals surface area contributed by atoms with Crippen molar-refractivity contribution in [3.05, 3.63) is 30.1 Å². The predicted molar refractivity (Wildman–Crippen MR) is 81.4 cm³/mol. The lowest BCUT2D eigenvalue weighted by atomic mass is 10.1. The number of carbonyl (C=O) groups is 1. The molecule has 1 aromatic carbocycles. The molecule has 0 aliphatic carbocycles. The average molecular weight is 285 g/mol. The van der Waals surface area contributed by atoms with E-state index in [9.17, 15) is 4.79 Å². The van der Waals surface area contributed by atoms with Gasteiger partial charge in [-0.2, -0.15) is 0 Å². The molecule has 0 saturated carbocycles. The summed E-state index contributed by atoms with van der Waals surface area (Å²) >= 11 is 0. The third-order valence-corrected chi connectivity index (χ3v) is 3.90. The number of anilines is 1. The molecule has 6 nitrogen and oxygen atoms in total. The van der Waals surface area contributed by atoms with Crippen LogP contribution in [0.2, 0.25) is 0 Å². The van der Waals surface area contributed by atoms with E-state index in [0.717, 1.165) is 36.0 Å². The van der Waals surface area contributed by atoms with Crippen molar-refractivity contribution >= 4 is 22.6 Å². The van der Waals surface area contributed by atoms with Crippen LogP contribution in [-0.4, -0.2) is 39.9 Å². The van der Waals surface area contributed by atoms with Gasteiger partial charge in [0.1, 0.15) is 12.1 Å². The van der Waals surface area contributed by atoms with Crippen LogP contribution in [0, 0.1) is 0 Å². The van der Waals surface area contributed by atoms with Gasteiger partial charge < -0.3 is 16.0 Å². The molecule has 2 heterocycles. The molecule has 1 aromatic heterocycles. The maximum atomic E-state index is 12.3. The molecule has 1 atom stereocenters. The Balaban J connectivity index is 1.83. The highest BCUT2D eigenvalue weighted by Crippen LogP contribution is 2.19. The predicted octanol–water partition coefficient (Wildman–Crippen LogP) is 0.922. The topological polar surface area (TPSA) is 84.1 Å². The average Bonchev–Trinajstić information content (AvgIpc) is 2.49. The second-order valence-corrected chi connectivity index (χ2v) is 5.29. The second-order valence-electron chi connectivity index (χ2n) is 5.29. The number of rotatable bonds is 3. The van der Waals surface area contributed by atoms with Crippen molar-refractivity contribution in [2.45, 2.75) is 25.9 Å². The normalized spacial score (nSPS) is 19.2. The standard InChI is InChI=1S/C15H19N5O/c1-2-12-15(21)20(6-5-17-12)8-10-3-4-11-13(7-10)18-9-19-14(11)16/h3-4,7,9,12,17H,2,5-6,8H2,1H3,(H2,16,18,19). The molecule has 2 aromatic rings. The van der Waals surface area contributed by atoms with E-state index in [4.69, 9.17) is 5.73 Å². The van der Waals surface area contributed by atoms with Crippen LogP contribution >= 0.6 is 0 Å². The first-order valence-electron chi connectivity index (χ1n) is 7.20. The summed E-state index contributed by atoms with van der Waals surface area (Å²) in [7, 11) is 0. The largest absolute Gasteiger partial charge is 0.383 e. The first kappa shape index (κ1) is 13.8. The molecule has 6 heteroatoms. The SMILES string of the molecule is CCC1NCCN(Cc2ccc3c(N)ncnc3c2)C1=O. The molecule has 1 saturated heterocycles. The molecule has 0 bridgehead atoms. The van der Waals surface area contributed by atoms with Crippen LogP contribution in [-0.2, 0) is 11.3 Å². The van der Waals surface area contributed by atoms with Crippen LogP contribution < -0.4 is 11.1 Å². The second kappa shape index (κ2) is 5.65. The number of nitrogens with one attached hydrogen (secondary N) is 1. The number of fused-ring (bicyclic) bond motifs is 1. The number of hydrogen-bond donors (Lipinski definition) is 2. The summed E-state index contributed by atoms with van der Waals surface area (Å²) in [6.45, 7) is 4.21. The van der Waals surface area contributed by atoms with Gasteiger partial charge in [-0.3, -0.25) is 4.79 Å². The van der Waals surface area contributed by atoms with Gasteiger partial charge in [0, 0.05) is 25.0 Å². The van der Waals surface area contributed by atoms with E-state index in [2.05, 4.69) is 15.3 Å². The van der Waals surface area contributed by atoms with Crippen LogP contribution in [0.5, 0.6) is 0 Å². The fourth-order valence-corrected chi connectivity index (χ4v) is 2.71. The summed E-state index contributed by atoms with van der Waals surface area (Å²) in [6.07, 6.45) is 2.28. The van der Waals surface area contributed by atoms with Crippen LogP contribution in [0.3, 0.4) is 0 Å². The first-order chi connectivity index (χ1) is 10.2. The molecular weight excluding hydrogens is 266 g/mol. The Bertz CT molecular complexity index is 672. The minimum atomic E-state index is -0.0582. The summed E-state index contributed by atoms with van der Waals surface area (Å²) in [5, 5.41) is 4.09. The van der Waals surface area contributed by atoms with Gasteiger partial charge in [0.05, 0.1) is 11.6 Å². The van der Waals surface area contributed by atoms with Crippen molar-refractivity contribution in [3.63, 3.8) is 0 Å². The van der Waals surface area contributed by atoms with Crippen LogP contribution in [0.4, 0.5) is 5.82 Å². The van der Waals surface area contributed by atoms with Gasteiger partial charge >= 0.3 is 0 Å². The molecule has 0 radical (unpaired) electrons. The summed E-state index contributed by atoms with van der Waals surface area (Å²) < 4.78 is 0. The fourth-order valence-electron chi connectivity index (χ4n) is 2.71. The van der Waals surface area contributed by atoms with E-state index >= 15 is 0 Å². The van der Waals surface area contributed by atoms with Gasteiger partial charge in [-0.25, -0.2) is 9.97 Å². The minimum absolute atomic E-state index is 0.0582. The Morgan fingerprint density at radius 1 is 1.43 bits per heavy atom. The lowest BCUT2D eigenvalue weighted by molar-refractivity contribution is -0.136. The molecular formula is C15H19N5O. The molecule has 0 spiro atoms. The summed E-state index contributed by atoms with van der Waals surface area (Å²) in [5.41, 5.74) is 7.70. The third kappa shape index (κ3) is 2.67. The van der Waals surface area contributed by atoms with Gasteiger partial charge in [-0.1, -0.05) is 13.0 Å². The summed E-state index contributed by atoms with van der Waals surface area (Å²) in [4.78, 5) is 22.4. The summed E-state index contributed by atoms with van der Waals surface area (Å²) in [5.74, 6) is 0.655. The third-order valence-electron chi connectivity index (χ3n) is 3.90. The smallest absolute Gasteiger partial charge is 0.240 e. The Hall–Kier alpha value is -2.21. The van der Waals surface area contributed by atoms with E-state index in [1.165, 1.54) is 6.33 Å². The zero-order valence-electron chi connectivity index (χ0n) is 12.0. The lowest BCUT2D eigenvalue weighted by Gasteiger charge is -2.32. The van der Waals surface area contributed by atoms with Crippen molar-refractivity contribution < 1.29 is 4.79 Å². The number of amides is 1. The maximum absolute atomic E-state index is 12.3. The molecule has 3 rings (SSSR count). The number of nitrogen functional groups attached to an aromatic ring is 1. The Morgan fingerprint density at radius 3 is 3.10 bits per heavy atom. The highest BCUT2D eigenvalue weighted by Gasteiger charge is 2.26. The van der Waals surface area contributed by atoms with Gasteiger partial charge in [0.2, 0.25) is 5.91 Å². The van der Waals surface area contributed by atoms with E-state index in [0.29, 0.717) is 12.4 Å². The zero-order valence-corrected chi connectivity index (χ0v) is 12.0. The number of nitrogens with two attached hydrogens (primary N) is 1. The zero-order chi connectivity index (χ0) is 14.8. The van der Waals surface area contributed by atoms with E-state index in [1.807, 2.05) is 30.0 Å². The maximum Gasteiger partial charge on any atom is 0.240 e. The Kier molecular flexibility index (Phi) is 3.70. The molecule has 1 aliphatic rings. The van der Waals surface area contributed by atoms with Crippen LogP contribution in [0.25, 0.3) is 10.9 Å². The number of hydrogen-bond acceptors (Lipinski definition) is 5. The molecule has 1 fully saturated rings. The summed E-state index contributed by atoms with van der Waals surface area (Å²) in [6, 6.07) is 5.82. The van der Waals surface area contributed by atoms with E-state index < -0.39 is 0 Å². The highest BCUT2D eigenvalue weighted by atomic mass is 16.2. The van der Waals surface area contributed by atoms with Crippen molar-refractivity contribution in [2.75, 3.05) is 18.8 Å². The molecule has 110 valence electrons. The Labute approximate surface area is 123 Å². The van der Waals surface area contributed by atoms with E-state index in [-0.39, 0.29) is 11.9 Å². The molecule has 1 aliphatic heterocycles. The van der Waals surface area contributed by atoms with Crippen LogP contribution in [0.15, 0.2) is 24.5 Å². The van der Waals surface area contributed by atoms with Gasteiger partial charge in [0.15, 0.2) is 0 Å². The monoisotopic (exact) mass is 285 g/mol. The van der Waals surface area contributed by atoms with Crippen molar-refractivity contribution in [1.82, 2.24) is 20.2 Å². The van der Waals surface area contributed by atoms with Crippen LogP contribution in [0.1, 0.15) is 18.9 Å². The van der Waals surface area contributed by atoms with Gasteiger partial charge in [0.25, 0.3) is 0 Å². The fraction of sp³-hybridized carbons (Fsp3) is 0.400. The van der Waals surface area contributed by atoms with Gasteiger partial charge in [-0.05, 0) is 24.1 Å². The number of carbonyl (C=O) groups excluding carboxylic acids is 1. The van der Waals surface area contributed by atoms with Crippen molar-refractivity contribution in [2.24, 2.45) is 0 Å².